The molecule has 0 atom stereocenters. The minimum Gasteiger partial charge on any atom is -0.497 e. The maximum atomic E-state index is 11.8. The van der Waals surface area contributed by atoms with Crippen molar-refractivity contribution in [1.82, 2.24) is 19.9 Å². The van der Waals surface area contributed by atoms with Crippen LogP contribution in [0.4, 0.5) is 10.5 Å². The largest absolute Gasteiger partial charge is 0.497 e. The van der Waals surface area contributed by atoms with E-state index in [1.807, 2.05) is 51.1 Å². The number of carbonyl (C=O) groups is 1. The molecule has 7 nitrogen and oxygen atoms in total. The van der Waals surface area contributed by atoms with Gasteiger partial charge in [-0.3, -0.25) is 0 Å². The number of ether oxygens (including phenoxy) is 1. The first-order chi connectivity index (χ1) is 12.5. The van der Waals surface area contributed by atoms with E-state index in [1.165, 1.54) is 0 Å². The van der Waals surface area contributed by atoms with Gasteiger partial charge in [0.25, 0.3) is 0 Å². The molecule has 0 fully saturated rings. The van der Waals surface area contributed by atoms with Crippen LogP contribution in [0.5, 0.6) is 5.75 Å². The van der Waals surface area contributed by atoms with Gasteiger partial charge in [0.05, 0.1) is 25.0 Å². The van der Waals surface area contributed by atoms with Gasteiger partial charge >= 0.3 is 6.03 Å². The Bertz CT molecular complexity index is 948. The van der Waals surface area contributed by atoms with Gasteiger partial charge in [-0.2, -0.15) is 0 Å². The van der Waals surface area contributed by atoms with E-state index >= 15 is 0 Å². The lowest BCUT2D eigenvalue weighted by Crippen LogP contribution is -2.28. The summed E-state index contributed by atoms with van der Waals surface area (Å²) in [4.78, 5) is 21.1. The van der Waals surface area contributed by atoms with E-state index in [0.29, 0.717) is 18.8 Å². The van der Waals surface area contributed by atoms with Gasteiger partial charge in [0, 0.05) is 6.54 Å². The Balaban J connectivity index is 1.95. The summed E-state index contributed by atoms with van der Waals surface area (Å²) in [5.41, 5.74) is 4.06. The highest BCUT2D eigenvalue weighted by Crippen LogP contribution is 2.23. The number of carbonyl (C=O) groups excluding carboxylic acids is 1. The highest BCUT2D eigenvalue weighted by atomic mass is 16.5. The number of urea groups is 1. The van der Waals surface area contributed by atoms with Gasteiger partial charge < -0.3 is 19.9 Å². The lowest BCUT2D eigenvalue weighted by Gasteiger charge is -2.10. The molecule has 0 saturated carbocycles. The summed E-state index contributed by atoms with van der Waals surface area (Å²) < 4.78 is 7.36. The first-order valence-corrected chi connectivity index (χ1v) is 8.54. The van der Waals surface area contributed by atoms with E-state index in [0.717, 1.165) is 34.0 Å². The quantitative estimate of drug-likeness (QED) is 0.738. The summed E-state index contributed by atoms with van der Waals surface area (Å²) in [5.74, 6) is 1.69. The molecule has 0 aliphatic rings. The number of pyridine rings is 1. The molecule has 0 unspecified atom stereocenters. The number of imidazole rings is 1. The van der Waals surface area contributed by atoms with Gasteiger partial charge in [0.2, 0.25) is 0 Å². The monoisotopic (exact) mass is 353 g/mol. The molecule has 0 saturated heterocycles. The second-order valence-corrected chi connectivity index (χ2v) is 6.05. The number of nitrogens with one attached hydrogen (secondary N) is 2. The molecule has 0 aliphatic heterocycles. The molecule has 1 aromatic carbocycles. The van der Waals surface area contributed by atoms with Gasteiger partial charge in [-0.25, -0.2) is 14.8 Å². The molecular formula is C19H23N5O2. The molecule has 0 radical (unpaired) electrons. The zero-order chi connectivity index (χ0) is 18.7. The van der Waals surface area contributed by atoms with Crippen LogP contribution in [0.3, 0.4) is 0 Å². The number of fused-ring (bicyclic) bond motifs is 1. The van der Waals surface area contributed by atoms with Crippen LogP contribution >= 0.6 is 0 Å². The number of nitrogens with zero attached hydrogens (tertiary/aromatic N) is 3. The SMILES string of the molecule is CCNC(=O)Nc1cc2nc(C)n(Cc3cccc(OC)c3)c2nc1C. The first kappa shape index (κ1) is 17.7. The third kappa shape index (κ3) is 3.61. The van der Waals surface area contributed by atoms with Crippen LogP contribution in [-0.2, 0) is 6.54 Å². The van der Waals surface area contributed by atoms with Crippen LogP contribution in [0.1, 0.15) is 24.0 Å². The number of benzene rings is 1. The smallest absolute Gasteiger partial charge is 0.319 e. The normalized spacial score (nSPS) is 10.8. The highest BCUT2D eigenvalue weighted by molar-refractivity contribution is 5.92. The maximum Gasteiger partial charge on any atom is 0.319 e. The number of anilines is 1. The number of aromatic nitrogens is 3. The molecule has 2 N–H and O–H groups in total. The number of rotatable bonds is 5. The molecule has 3 rings (SSSR count). The molecule has 2 amide bonds. The fraction of sp³-hybridized carbons (Fsp3) is 0.316. The lowest BCUT2D eigenvalue weighted by atomic mass is 10.2. The van der Waals surface area contributed by atoms with Crippen molar-refractivity contribution >= 4 is 22.9 Å². The van der Waals surface area contributed by atoms with E-state index in [-0.39, 0.29) is 6.03 Å². The van der Waals surface area contributed by atoms with Gasteiger partial charge in [0.15, 0.2) is 5.65 Å². The number of aryl methyl sites for hydroxylation is 2. The van der Waals surface area contributed by atoms with Crippen molar-refractivity contribution < 1.29 is 9.53 Å². The van der Waals surface area contributed by atoms with Crippen LogP contribution in [0.15, 0.2) is 30.3 Å². The molecule has 136 valence electrons. The zero-order valence-electron chi connectivity index (χ0n) is 15.5. The molecule has 0 spiro atoms. The van der Waals surface area contributed by atoms with Gasteiger partial charge in [-0.15, -0.1) is 0 Å². The summed E-state index contributed by atoms with van der Waals surface area (Å²) in [7, 11) is 1.66. The number of amides is 2. The fourth-order valence-corrected chi connectivity index (χ4v) is 2.85. The number of hydrogen-bond donors (Lipinski definition) is 2. The Morgan fingerprint density at radius 2 is 2.04 bits per heavy atom. The Hall–Kier alpha value is -3.09. The van der Waals surface area contributed by atoms with Crippen molar-refractivity contribution in [3.8, 4) is 5.75 Å². The van der Waals surface area contributed by atoms with E-state index in [1.54, 1.807) is 7.11 Å². The third-order valence-corrected chi connectivity index (χ3v) is 4.16. The molecule has 2 heterocycles. The van der Waals surface area contributed by atoms with Crippen LogP contribution in [-0.4, -0.2) is 34.2 Å². The topological polar surface area (TPSA) is 81.1 Å². The predicted molar refractivity (Wildman–Crippen MR) is 102 cm³/mol. The first-order valence-electron chi connectivity index (χ1n) is 8.54. The van der Waals surface area contributed by atoms with Crippen molar-refractivity contribution in [2.24, 2.45) is 0 Å². The van der Waals surface area contributed by atoms with E-state index in [2.05, 4.69) is 25.2 Å². The highest BCUT2D eigenvalue weighted by Gasteiger charge is 2.14. The Kier molecular flexibility index (Phi) is 5.06. The molecular weight excluding hydrogens is 330 g/mol. The van der Waals surface area contributed by atoms with Crippen molar-refractivity contribution in [3.63, 3.8) is 0 Å². The average Bonchev–Trinajstić information content (AvgIpc) is 2.90. The molecule has 0 bridgehead atoms. The van der Waals surface area contributed by atoms with Crippen molar-refractivity contribution in [2.45, 2.75) is 27.3 Å². The minimum atomic E-state index is -0.246. The second-order valence-electron chi connectivity index (χ2n) is 6.05. The van der Waals surface area contributed by atoms with E-state index < -0.39 is 0 Å². The summed E-state index contributed by atoms with van der Waals surface area (Å²) >= 11 is 0. The summed E-state index contributed by atoms with van der Waals surface area (Å²) in [5, 5.41) is 5.53. The number of methoxy groups -OCH3 is 1. The van der Waals surface area contributed by atoms with Crippen molar-refractivity contribution in [3.05, 3.63) is 47.4 Å². The summed E-state index contributed by atoms with van der Waals surface area (Å²) in [6.45, 7) is 6.91. The summed E-state index contributed by atoms with van der Waals surface area (Å²) in [6, 6.07) is 9.56. The van der Waals surface area contributed by atoms with Gasteiger partial charge in [0.1, 0.15) is 17.1 Å². The van der Waals surface area contributed by atoms with Gasteiger partial charge in [-0.05, 0) is 44.5 Å². The van der Waals surface area contributed by atoms with Crippen LogP contribution in [0.25, 0.3) is 11.2 Å². The molecule has 0 aliphatic carbocycles. The fourth-order valence-electron chi connectivity index (χ4n) is 2.85. The van der Waals surface area contributed by atoms with E-state index in [9.17, 15) is 4.79 Å². The van der Waals surface area contributed by atoms with Crippen molar-refractivity contribution in [1.29, 1.82) is 0 Å². The molecule has 3 aromatic rings. The van der Waals surface area contributed by atoms with E-state index in [4.69, 9.17) is 4.74 Å². The number of hydrogen-bond acceptors (Lipinski definition) is 4. The molecule has 26 heavy (non-hydrogen) atoms. The van der Waals surface area contributed by atoms with Crippen LogP contribution in [0.2, 0.25) is 0 Å². The van der Waals surface area contributed by atoms with Crippen LogP contribution < -0.4 is 15.4 Å². The Morgan fingerprint density at radius 3 is 2.77 bits per heavy atom. The minimum absolute atomic E-state index is 0.246. The third-order valence-electron chi connectivity index (χ3n) is 4.16. The molecule has 2 aromatic heterocycles. The summed E-state index contributed by atoms with van der Waals surface area (Å²) in [6.07, 6.45) is 0. The standard InChI is InChI=1S/C19H23N5O2/c1-5-20-19(25)23-16-10-17-18(21-12(16)2)24(13(3)22-17)11-14-7-6-8-15(9-14)26-4/h6-10H,5,11H2,1-4H3,(H2,20,23,25). The Labute approximate surface area is 152 Å². The second kappa shape index (κ2) is 7.43. The predicted octanol–water partition coefficient (Wildman–Crippen LogP) is 3.25. The maximum absolute atomic E-state index is 11.8. The Morgan fingerprint density at radius 1 is 1.23 bits per heavy atom. The lowest BCUT2D eigenvalue weighted by molar-refractivity contribution is 0.252. The molecule has 7 heteroatoms. The van der Waals surface area contributed by atoms with Crippen LogP contribution in [0, 0.1) is 13.8 Å². The van der Waals surface area contributed by atoms with Crippen molar-refractivity contribution in [2.75, 3.05) is 19.0 Å². The average molecular weight is 353 g/mol. The van der Waals surface area contributed by atoms with Gasteiger partial charge in [-0.1, -0.05) is 12.1 Å². The zero-order valence-corrected chi connectivity index (χ0v) is 15.5.